The highest BCUT2D eigenvalue weighted by molar-refractivity contribution is 5.76. The van der Waals surface area contributed by atoms with Crippen LogP contribution in [0.1, 0.15) is 31.2 Å². The summed E-state index contributed by atoms with van der Waals surface area (Å²) in [5, 5.41) is 2.81. The van der Waals surface area contributed by atoms with Crippen molar-refractivity contribution >= 4 is 5.91 Å². The molecule has 1 amide bonds. The van der Waals surface area contributed by atoms with Gasteiger partial charge >= 0.3 is 6.18 Å². The molecule has 1 aromatic rings. The van der Waals surface area contributed by atoms with Crippen molar-refractivity contribution in [2.75, 3.05) is 6.61 Å². The monoisotopic (exact) mass is 330 g/mol. The number of nitrogens with two attached hydrogens (primary N) is 1. The fourth-order valence-electron chi connectivity index (χ4n) is 2.70. The lowest BCUT2D eigenvalue weighted by atomic mass is 10.00. The molecule has 1 saturated carbocycles. The molecule has 4 nitrogen and oxygen atoms in total. The van der Waals surface area contributed by atoms with Crippen LogP contribution in [-0.4, -0.2) is 24.7 Å². The molecule has 1 aliphatic rings. The zero-order chi connectivity index (χ0) is 16.9. The molecule has 0 bridgehead atoms. The van der Waals surface area contributed by atoms with Gasteiger partial charge in [0.05, 0.1) is 0 Å². The van der Waals surface area contributed by atoms with Crippen molar-refractivity contribution in [3.63, 3.8) is 0 Å². The van der Waals surface area contributed by atoms with E-state index in [1.165, 1.54) is 12.1 Å². The van der Waals surface area contributed by atoms with Crippen molar-refractivity contribution in [2.45, 2.75) is 44.4 Å². The van der Waals surface area contributed by atoms with Crippen LogP contribution in [-0.2, 0) is 11.3 Å². The van der Waals surface area contributed by atoms with E-state index in [1.807, 2.05) is 0 Å². The lowest BCUT2D eigenvalue weighted by molar-refractivity contribution is -0.153. The standard InChI is InChI=1S/C16H21F3N2O2/c17-16(18,19)10-23-13-6-4-11(5-7-13)9-21-15(22)8-12-2-1-3-14(12)20/h4-7,12,14H,1-3,8-10,20H2,(H,21,22)/t12-,14+/m0/s1. The van der Waals surface area contributed by atoms with Gasteiger partial charge in [0.15, 0.2) is 6.61 Å². The molecule has 2 atom stereocenters. The summed E-state index contributed by atoms with van der Waals surface area (Å²) in [5.74, 6) is 0.340. The molecule has 1 aliphatic carbocycles. The van der Waals surface area contributed by atoms with Crippen LogP contribution in [0.5, 0.6) is 5.75 Å². The molecule has 0 radical (unpaired) electrons. The number of alkyl halides is 3. The van der Waals surface area contributed by atoms with Gasteiger partial charge in [-0.1, -0.05) is 18.6 Å². The average molecular weight is 330 g/mol. The maximum Gasteiger partial charge on any atom is 0.422 e. The van der Waals surface area contributed by atoms with Gasteiger partial charge in [0.25, 0.3) is 0 Å². The minimum atomic E-state index is -4.35. The third-order valence-corrected chi connectivity index (χ3v) is 3.98. The van der Waals surface area contributed by atoms with Gasteiger partial charge in [0, 0.05) is 19.0 Å². The Kier molecular flexibility index (Phi) is 5.87. The van der Waals surface area contributed by atoms with Crippen molar-refractivity contribution in [1.29, 1.82) is 0 Å². The number of rotatable bonds is 6. The first kappa shape index (κ1) is 17.6. The van der Waals surface area contributed by atoms with Crippen LogP contribution in [0.3, 0.4) is 0 Å². The van der Waals surface area contributed by atoms with Crippen molar-refractivity contribution in [2.24, 2.45) is 11.7 Å². The van der Waals surface area contributed by atoms with Crippen LogP contribution in [0, 0.1) is 5.92 Å². The summed E-state index contributed by atoms with van der Waals surface area (Å²) in [5.41, 5.74) is 6.74. The summed E-state index contributed by atoms with van der Waals surface area (Å²) in [6.07, 6.45) is -0.905. The minimum Gasteiger partial charge on any atom is -0.484 e. The van der Waals surface area contributed by atoms with Gasteiger partial charge in [0.1, 0.15) is 5.75 Å². The Morgan fingerprint density at radius 2 is 1.96 bits per heavy atom. The molecular weight excluding hydrogens is 309 g/mol. The van der Waals surface area contributed by atoms with Crippen molar-refractivity contribution in [3.8, 4) is 5.75 Å². The Balaban J connectivity index is 1.74. The van der Waals surface area contributed by atoms with Gasteiger partial charge in [-0.15, -0.1) is 0 Å². The molecule has 1 fully saturated rings. The predicted octanol–water partition coefficient (Wildman–Crippen LogP) is 2.76. The van der Waals surface area contributed by atoms with E-state index in [1.54, 1.807) is 12.1 Å². The van der Waals surface area contributed by atoms with E-state index in [9.17, 15) is 18.0 Å². The molecule has 3 N–H and O–H groups in total. The molecule has 0 spiro atoms. The quantitative estimate of drug-likeness (QED) is 0.843. The van der Waals surface area contributed by atoms with Gasteiger partial charge < -0.3 is 15.8 Å². The maximum absolute atomic E-state index is 12.0. The lowest BCUT2D eigenvalue weighted by Gasteiger charge is -2.15. The molecule has 0 aliphatic heterocycles. The molecule has 0 saturated heterocycles. The molecule has 2 rings (SSSR count). The highest BCUT2D eigenvalue weighted by Crippen LogP contribution is 2.26. The van der Waals surface area contributed by atoms with Crippen molar-refractivity contribution in [1.82, 2.24) is 5.32 Å². The fraction of sp³-hybridized carbons (Fsp3) is 0.562. The number of hydrogen-bond acceptors (Lipinski definition) is 3. The Bertz CT molecular complexity index is 517. The van der Waals surface area contributed by atoms with Crippen molar-refractivity contribution < 1.29 is 22.7 Å². The second-order valence-electron chi connectivity index (χ2n) is 5.88. The van der Waals surface area contributed by atoms with E-state index in [4.69, 9.17) is 5.73 Å². The van der Waals surface area contributed by atoms with Crippen LogP contribution in [0.2, 0.25) is 0 Å². The molecule has 0 unspecified atom stereocenters. The zero-order valence-corrected chi connectivity index (χ0v) is 12.7. The molecule has 128 valence electrons. The Labute approximate surface area is 133 Å². The van der Waals surface area contributed by atoms with Gasteiger partial charge in [-0.05, 0) is 36.5 Å². The number of benzene rings is 1. The number of nitrogens with one attached hydrogen (secondary N) is 1. The average Bonchev–Trinajstić information content (AvgIpc) is 2.88. The number of amides is 1. The molecule has 1 aromatic carbocycles. The summed E-state index contributed by atoms with van der Waals surface area (Å²) in [6.45, 7) is -0.981. The Hall–Kier alpha value is -1.76. The van der Waals surface area contributed by atoms with Crippen LogP contribution in [0.4, 0.5) is 13.2 Å². The van der Waals surface area contributed by atoms with Gasteiger partial charge in [-0.3, -0.25) is 4.79 Å². The number of carbonyl (C=O) groups excluding carboxylic acids is 1. The van der Waals surface area contributed by atoms with Gasteiger partial charge in [0.2, 0.25) is 5.91 Å². The molecule has 23 heavy (non-hydrogen) atoms. The summed E-state index contributed by atoms with van der Waals surface area (Å²) < 4.78 is 40.8. The third-order valence-electron chi connectivity index (χ3n) is 3.98. The minimum absolute atomic E-state index is 0.0512. The highest BCUT2D eigenvalue weighted by atomic mass is 19.4. The normalized spacial score (nSPS) is 21.2. The topological polar surface area (TPSA) is 64.4 Å². The van der Waals surface area contributed by atoms with Crippen LogP contribution < -0.4 is 15.8 Å². The largest absolute Gasteiger partial charge is 0.484 e. The zero-order valence-electron chi connectivity index (χ0n) is 12.7. The van der Waals surface area contributed by atoms with Crippen molar-refractivity contribution in [3.05, 3.63) is 29.8 Å². The van der Waals surface area contributed by atoms with E-state index in [-0.39, 0.29) is 23.6 Å². The SMILES string of the molecule is N[C@@H]1CCC[C@H]1CC(=O)NCc1ccc(OCC(F)(F)F)cc1. The van der Waals surface area contributed by atoms with E-state index in [2.05, 4.69) is 10.1 Å². The first-order valence-corrected chi connectivity index (χ1v) is 7.64. The summed E-state index contributed by atoms with van der Waals surface area (Å²) >= 11 is 0. The van der Waals surface area contributed by atoms with Gasteiger partial charge in [-0.2, -0.15) is 13.2 Å². The summed E-state index contributed by atoms with van der Waals surface area (Å²) in [6, 6.07) is 6.28. The molecule has 7 heteroatoms. The van der Waals surface area contributed by atoms with E-state index in [0.29, 0.717) is 13.0 Å². The maximum atomic E-state index is 12.0. The third kappa shape index (κ3) is 6.09. The van der Waals surface area contributed by atoms with Crippen LogP contribution >= 0.6 is 0 Å². The lowest BCUT2D eigenvalue weighted by Crippen LogP contribution is -2.31. The predicted molar refractivity (Wildman–Crippen MR) is 79.8 cm³/mol. The summed E-state index contributed by atoms with van der Waals surface area (Å²) in [7, 11) is 0. The van der Waals surface area contributed by atoms with E-state index >= 15 is 0 Å². The Morgan fingerprint density at radius 1 is 1.26 bits per heavy atom. The second kappa shape index (κ2) is 7.68. The highest BCUT2D eigenvalue weighted by Gasteiger charge is 2.28. The Morgan fingerprint density at radius 3 is 2.52 bits per heavy atom. The smallest absolute Gasteiger partial charge is 0.422 e. The number of halogens is 3. The fourth-order valence-corrected chi connectivity index (χ4v) is 2.70. The second-order valence-corrected chi connectivity index (χ2v) is 5.88. The van der Waals surface area contributed by atoms with E-state index in [0.717, 1.165) is 24.8 Å². The number of ether oxygens (including phenoxy) is 1. The first-order chi connectivity index (χ1) is 10.8. The van der Waals surface area contributed by atoms with Crippen LogP contribution in [0.25, 0.3) is 0 Å². The summed E-state index contributed by atoms with van der Waals surface area (Å²) in [4.78, 5) is 11.9. The molecule has 0 aromatic heterocycles. The van der Waals surface area contributed by atoms with E-state index < -0.39 is 12.8 Å². The van der Waals surface area contributed by atoms with Crippen LogP contribution in [0.15, 0.2) is 24.3 Å². The molecule has 0 heterocycles. The van der Waals surface area contributed by atoms with Gasteiger partial charge in [-0.25, -0.2) is 0 Å². The number of hydrogen-bond donors (Lipinski definition) is 2. The first-order valence-electron chi connectivity index (χ1n) is 7.64. The molecular formula is C16H21F3N2O2. The number of carbonyl (C=O) groups is 1.